The molecule has 1 fully saturated rings. The number of carbonyl (C=O) groups is 1. The molecule has 1 amide bonds. The van der Waals surface area contributed by atoms with Gasteiger partial charge in [-0.25, -0.2) is 0 Å². The number of nitrogens with zero attached hydrogens (tertiary/aromatic N) is 3. The van der Waals surface area contributed by atoms with Crippen LogP contribution in [0.4, 0.5) is 5.69 Å². The van der Waals surface area contributed by atoms with Crippen LogP contribution >= 0.6 is 0 Å². The van der Waals surface area contributed by atoms with Gasteiger partial charge >= 0.3 is 0 Å². The average molecular weight is 446 g/mol. The maximum absolute atomic E-state index is 13.5. The summed E-state index contributed by atoms with van der Waals surface area (Å²) in [7, 11) is 0. The van der Waals surface area contributed by atoms with E-state index in [1.807, 2.05) is 42.2 Å². The summed E-state index contributed by atoms with van der Waals surface area (Å²) < 4.78 is 6.16. The van der Waals surface area contributed by atoms with E-state index in [4.69, 9.17) is 4.74 Å². The Morgan fingerprint density at radius 1 is 1.03 bits per heavy atom. The Kier molecular flexibility index (Phi) is 7.35. The zero-order valence-electron chi connectivity index (χ0n) is 20.1. The molecule has 2 aliphatic rings. The van der Waals surface area contributed by atoms with Crippen LogP contribution in [0.1, 0.15) is 75.2 Å². The molecule has 5 heteroatoms. The monoisotopic (exact) mass is 445 g/mol. The van der Waals surface area contributed by atoms with Crippen molar-refractivity contribution >= 4 is 11.6 Å². The topological polar surface area (TPSA) is 56.6 Å². The SMILES string of the molecule is Cc1ccc(C#N)cc1[C@@H]1Oc2ccccc2N(CCCCCN2[C@H](C)CCC[C@@H]2C)C1=O. The molecule has 0 bridgehead atoms. The lowest BCUT2D eigenvalue weighted by atomic mass is 9.97. The van der Waals surface area contributed by atoms with E-state index in [2.05, 4.69) is 24.8 Å². The van der Waals surface area contributed by atoms with Gasteiger partial charge in [-0.15, -0.1) is 0 Å². The molecule has 3 atom stereocenters. The number of hydrogen-bond donors (Lipinski definition) is 0. The molecule has 2 heterocycles. The van der Waals surface area contributed by atoms with E-state index in [-0.39, 0.29) is 5.91 Å². The third-order valence-corrected chi connectivity index (χ3v) is 7.26. The van der Waals surface area contributed by atoms with Gasteiger partial charge in [0, 0.05) is 24.2 Å². The molecule has 0 spiro atoms. The first-order valence-corrected chi connectivity index (χ1v) is 12.3. The van der Waals surface area contributed by atoms with E-state index in [0.29, 0.717) is 24.2 Å². The van der Waals surface area contributed by atoms with Crippen molar-refractivity contribution in [3.05, 3.63) is 59.2 Å². The number of unbranched alkanes of at least 4 members (excludes halogenated alkanes) is 2. The Morgan fingerprint density at radius 2 is 1.76 bits per heavy atom. The highest BCUT2D eigenvalue weighted by Crippen LogP contribution is 2.39. The number of para-hydroxylation sites is 2. The van der Waals surface area contributed by atoms with E-state index in [1.165, 1.54) is 19.3 Å². The molecule has 0 N–H and O–H groups in total. The number of ether oxygens (including phenoxy) is 1. The number of piperidine rings is 1. The minimum atomic E-state index is -0.719. The number of aryl methyl sites for hydroxylation is 1. The third-order valence-electron chi connectivity index (χ3n) is 7.26. The molecule has 0 aliphatic carbocycles. The predicted molar refractivity (Wildman–Crippen MR) is 131 cm³/mol. The number of likely N-dealkylation sites (tertiary alicyclic amines) is 1. The molecule has 4 rings (SSSR count). The molecule has 0 aromatic heterocycles. The highest BCUT2D eigenvalue weighted by molar-refractivity contribution is 6.00. The van der Waals surface area contributed by atoms with Crippen LogP contribution in [-0.2, 0) is 4.79 Å². The van der Waals surface area contributed by atoms with Crippen LogP contribution in [0.2, 0.25) is 0 Å². The Morgan fingerprint density at radius 3 is 2.52 bits per heavy atom. The molecule has 2 aliphatic heterocycles. The van der Waals surface area contributed by atoms with Gasteiger partial charge in [0.15, 0.2) is 0 Å². The first-order chi connectivity index (χ1) is 16.0. The Bertz CT molecular complexity index is 1020. The van der Waals surface area contributed by atoms with Gasteiger partial charge in [0.1, 0.15) is 5.75 Å². The molecule has 2 aromatic rings. The second-order valence-corrected chi connectivity index (χ2v) is 9.57. The van der Waals surface area contributed by atoms with Gasteiger partial charge in [0.2, 0.25) is 6.10 Å². The Labute approximate surface area is 198 Å². The maximum atomic E-state index is 13.5. The standard InChI is InChI=1S/C28H35N3O2/c1-20-14-15-23(19-29)18-24(20)27-28(32)31(25-12-5-6-13-26(25)33-27)17-8-4-7-16-30-21(2)10-9-11-22(30)3/h5-6,12-15,18,21-22,27H,4,7-11,16-17H2,1-3H3/t21-,22+,27-/m0/s1. The van der Waals surface area contributed by atoms with Crippen molar-refractivity contribution in [2.75, 3.05) is 18.0 Å². The van der Waals surface area contributed by atoms with Crippen LogP contribution in [0, 0.1) is 18.3 Å². The van der Waals surface area contributed by atoms with E-state index >= 15 is 0 Å². The number of carbonyl (C=O) groups excluding carboxylic acids is 1. The first-order valence-electron chi connectivity index (χ1n) is 12.3. The zero-order valence-corrected chi connectivity index (χ0v) is 20.1. The number of anilines is 1. The normalized spacial score (nSPS) is 23.0. The number of rotatable bonds is 7. The molecule has 0 saturated carbocycles. The second kappa shape index (κ2) is 10.4. The van der Waals surface area contributed by atoms with Crippen molar-refractivity contribution in [1.82, 2.24) is 4.90 Å². The third kappa shape index (κ3) is 5.07. The number of nitriles is 1. The molecular formula is C28H35N3O2. The van der Waals surface area contributed by atoms with Gasteiger partial charge in [-0.1, -0.05) is 31.0 Å². The Balaban J connectivity index is 1.43. The number of benzene rings is 2. The fraction of sp³-hybridized carbons (Fsp3) is 0.500. The summed E-state index contributed by atoms with van der Waals surface area (Å²) in [6, 6.07) is 16.7. The summed E-state index contributed by atoms with van der Waals surface area (Å²) in [6.45, 7) is 8.47. The van der Waals surface area contributed by atoms with Crippen molar-refractivity contribution < 1.29 is 9.53 Å². The van der Waals surface area contributed by atoms with Crippen LogP contribution < -0.4 is 9.64 Å². The summed E-state index contributed by atoms with van der Waals surface area (Å²) in [6.07, 6.45) is 6.44. The van der Waals surface area contributed by atoms with E-state index in [9.17, 15) is 10.1 Å². The van der Waals surface area contributed by atoms with Crippen molar-refractivity contribution in [3.63, 3.8) is 0 Å². The number of fused-ring (bicyclic) bond motifs is 1. The van der Waals surface area contributed by atoms with E-state index in [1.54, 1.807) is 12.1 Å². The molecule has 174 valence electrons. The largest absolute Gasteiger partial charge is 0.474 e. The van der Waals surface area contributed by atoms with Gasteiger partial charge in [-0.2, -0.15) is 5.26 Å². The summed E-state index contributed by atoms with van der Waals surface area (Å²) in [4.78, 5) is 18.1. The lowest BCUT2D eigenvalue weighted by Crippen LogP contribution is -2.44. The van der Waals surface area contributed by atoms with Crippen LogP contribution in [0.25, 0.3) is 0 Å². The molecule has 5 nitrogen and oxygen atoms in total. The fourth-order valence-electron chi connectivity index (χ4n) is 5.29. The van der Waals surface area contributed by atoms with Crippen LogP contribution in [-0.4, -0.2) is 36.0 Å². The highest BCUT2D eigenvalue weighted by Gasteiger charge is 2.36. The molecular weight excluding hydrogens is 410 g/mol. The maximum Gasteiger partial charge on any atom is 0.272 e. The van der Waals surface area contributed by atoms with E-state index in [0.717, 1.165) is 48.4 Å². The van der Waals surface area contributed by atoms with Gasteiger partial charge < -0.3 is 9.64 Å². The Hall–Kier alpha value is -2.84. The molecule has 33 heavy (non-hydrogen) atoms. The van der Waals surface area contributed by atoms with Crippen LogP contribution in [0.5, 0.6) is 5.75 Å². The smallest absolute Gasteiger partial charge is 0.272 e. The van der Waals surface area contributed by atoms with Crippen molar-refractivity contribution in [3.8, 4) is 11.8 Å². The van der Waals surface area contributed by atoms with Crippen molar-refractivity contribution in [2.24, 2.45) is 0 Å². The lowest BCUT2D eigenvalue weighted by Gasteiger charge is -2.39. The van der Waals surface area contributed by atoms with Gasteiger partial charge in [0.05, 0.1) is 17.3 Å². The van der Waals surface area contributed by atoms with Gasteiger partial charge in [0.25, 0.3) is 5.91 Å². The zero-order chi connectivity index (χ0) is 23.4. The molecule has 0 radical (unpaired) electrons. The van der Waals surface area contributed by atoms with Crippen LogP contribution in [0.3, 0.4) is 0 Å². The van der Waals surface area contributed by atoms with Crippen LogP contribution in [0.15, 0.2) is 42.5 Å². The molecule has 0 unspecified atom stereocenters. The number of hydrogen-bond acceptors (Lipinski definition) is 4. The highest BCUT2D eigenvalue weighted by atomic mass is 16.5. The minimum absolute atomic E-state index is 0.0508. The van der Waals surface area contributed by atoms with Gasteiger partial charge in [-0.05, 0) is 82.8 Å². The average Bonchev–Trinajstić information content (AvgIpc) is 2.82. The summed E-state index contributed by atoms with van der Waals surface area (Å²) >= 11 is 0. The second-order valence-electron chi connectivity index (χ2n) is 9.57. The van der Waals surface area contributed by atoms with Crippen molar-refractivity contribution in [1.29, 1.82) is 5.26 Å². The lowest BCUT2D eigenvalue weighted by molar-refractivity contribution is -0.126. The minimum Gasteiger partial charge on any atom is -0.474 e. The van der Waals surface area contributed by atoms with Gasteiger partial charge in [-0.3, -0.25) is 9.69 Å². The molecule has 1 saturated heterocycles. The quantitative estimate of drug-likeness (QED) is 0.508. The molecule has 2 aromatic carbocycles. The number of amides is 1. The summed E-state index contributed by atoms with van der Waals surface area (Å²) in [5.41, 5.74) is 3.10. The predicted octanol–water partition coefficient (Wildman–Crippen LogP) is 5.77. The fourth-order valence-corrected chi connectivity index (χ4v) is 5.29. The first kappa shape index (κ1) is 23.3. The van der Waals surface area contributed by atoms with Crippen molar-refractivity contribution in [2.45, 2.75) is 77.5 Å². The summed E-state index contributed by atoms with van der Waals surface area (Å²) in [5, 5.41) is 9.33. The van der Waals surface area contributed by atoms with E-state index < -0.39 is 6.10 Å². The summed E-state index contributed by atoms with van der Waals surface area (Å²) in [5.74, 6) is 0.671.